The fourth-order valence-electron chi connectivity index (χ4n) is 3.99. The molecule has 172 valence electrons. The number of amides is 1. The first-order chi connectivity index (χ1) is 15.9. The molecule has 6 nitrogen and oxygen atoms in total. The number of benzene rings is 3. The lowest BCUT2D eigenvalue weighted by Crippen LogP contribution is -2.41. The van der Waals surface area contributed by atoms with Crippen LogP contribution in [-0.4, -0.2) is 56.9 Å². The Morgan fingerprint density at radius 1 is 0.939 bits per heavy atom. The van der Waals surface area contributed by atoms with Gasteiger partial charge < -0.3 is 9.64 Å². The summed E-state index contributed by atoms with van der Waals surface area (Å²) in [5.41, 5.74) is 1.91. The molecule has 0 atom stereocenters. The van der Waals surface area contributed by atoms with E-state index < -0.39 is 32.7 Å². The minimum Gasteiger partial charge on any atom is -0.379 e. The molecule has 33 heavy (non-hydrogen) atoms. The normalized spacial score (nSPS) is 14.9. The molecule has 1 amide bonds. The lowest BCUT2D eigenvalue weighted by molar-refractivity contribution is 0.0728. The Morgan fingerprint density at radius 2 is 1.48 bits per heavy atom. The van der Waals surface area contributed by atoms with Gasteiger partial charge in [0, 0.05) is 25.7 Å². The number of halogens is 1. The van der Waals surface area contributed by atoms with Crippen LogP contribution in [0, 0.1) is 5.82 Å². The van der Waals surface area contributed by atoms with E-state index in [4.69, 9.17) is 4.74 Å². The Balaban J connectivity index is 1.70. The summed E-state index contributed by atoms with van der Waals surface area (Å²) in [5.74, 6) is -1.30. The molecule has 1 heterocycles. The summed E-state index contributed by atoms with van der Waals surface area (Å²) >= 11 is 0. The molecule has 4 rings (SSSR count). The average molecular weight is 469 g/mol. The summed E-state index contributed by atoms with van der Waals surface area (Å²) < 4.78 is 47.1. The number of hydrogen-bond acceptors (Lipinski definition) is 4. The van der Waals surface area contributed by atoms with Crippen molar-refractivity contribution in [3.63, 3.8) is 0 Å². The molecule has 0 unspecified atom stereocenters. The maximum absolute atomic E-state index is 14.6. The van der Waals surface area contributed by atoms with Crippen molar-refractivity contribution in [2.24, 2.45) is 0 Å². The summed E-state index contributed by atoms with van der Waals surface area (Å²) in [6.45, 7) is 0.782. The second kappa shape index (κ2) is 9.82. The molecule has 0 aromatic heterocycles. The predicted octanol–water partition coefficient (Wildman–Crippen LogP) is 3.71. The van der Waals surface area contributed by atoms with Crippen LogP contribution in [0.3, 0.4) is 0 Å². The van der Waals surface area contributed by atoms with Gasteiger partial charge in [-0.05, 0) is 29.3 Å². The van der Waals surface area contributed by atoms with E-state index in [9.17, 15) is 17.6 Å². The van der Waals surface area contributed by atoms with Crippen LogP contribution < -0.4 is 0 Å². The highest BCUT2D eigenvalue weighted by atomic mass is 32.2. The smallest absolute Gasteiger partial charge is 0.254 e. The van der Waals surface area contributed by atoms with Crippen LogP contribution in [-0.2, 0) is 14.8 Å². The number of morpholine rings is 1. The number of carbonyl (C=O) groups excluding carboxylic acids is 1. The first-order valence-electron chi connectivity index (χ1n) is 10.6. The average Bonchev–Trinajstić information content (AvgIpc) is 2.86. The summed E-state index contributed by atoms with van der Waals surface area (Å²) in [7, 11) is -2.43. The first kappa shape index (κ1) is 23.1. The van der Waals surface area contributed by atoms with Crippen molar-refractivity contribution in [3.8, 4) is 0 Å². The highest BCUT2D eigenvalue weighted by Crippen LogP contribution is 2.30. The zero-order valence-electron chi connectivity index (χ0n) is 18.2. The largest absolute Gasteiger partial charge is 0.379 e. The predicted molar refractivity (Wildman–Crippen MR) is 123 cm³/mol. The maximum Gasteiger partial charge on any atom is 0.254 e. The second-order valence-corrected chi connectivity index (χ2v) is 9.71. The Hall–Kier alpha value is -3.07. The highest BCUT2D eigenvalue weighted by molar-refractivity contribution is 7.89. The van der Waals surface area contributed by atoms with Gasteiger partial charge in [-0.3, -0.25) is 4.79 Å². The van der Waals surface area contributed by atoms with Crippen LogP contribution in [0.4, 0.5) is 4.39 Å². The number of sulfonamides is 1. The van der Waals surface area contributed by atoms with Gasteiger partial charge in [0.25, 0.3) is 5.91 Å². The molecule has 0 N–H and O–H groups in total. The molecule has 3 aromatic carbocycles. The Labute approximate surface area is 193 Å². The van der Waals surface area contributed by atoms with Crippen LogP contribution in [0.5, 0.6) is 0 Å². The van der Waals surface area contributed by atoms with Gasteiger partial charge in [0.1, 0.15) is 10.7 Å². The third-order valence-electron chi connectivity index (χ3n) is 5.70. The summed E-state index contributed by atoms with van der Waals surface area (Å²) in [5, 5.41) is 0. The quantitative estimate of drug-likeness (QED) is 0.553. The molecule has 3 aromatic rings. The van der Waals surface area contributed by atoms with Crippen molar-refractivity contribution in [1.29, 1.82) is 0 Å². The molecule has 1 fully saturated rings. The third-order valence-corrected chi connectivity index (χ3v) is 7.62. The lowest BCUT2D eigenvalue weighted by atomic mass is 9.97. The van der Waals surface area contributed by atoms with Crippen LogP contribution in [0.2, 0.25) is 0 Å². The summed E-state index contributed by atoms with van der Waals surface area (Å²) in [6.07, 6.45) is 0. The molecule has 0 radical (unpaired) electrons. The Morgan fingerprint density at radius 3 is 2.03 bits per heavy atom. The molecule has 1 aliphatic heterocycles. The van der Waals surface area contributed by atoms with Gasteiger partial charge >= 0.3 is 0 Å². The van der Waals surface area contributed by atoms with E-state index in [1.165, 1.54) is 10.4 Å². The van der Waals surface area contributed by atoms with Crippen molar-refractivity contribution in [1.82, 2.24) is 9.21 Å². The molecule has 1 aliphatic rings. The van der Waals surface area contributed by atoms with Crippen molar-refractivity contribution >= 4 is 15.9 Å². The van der Waals surface area contributed by atoms with Gasteiger partial charge in [-0.25, -0.2) is 12.8 Å². The standard InChI is InChI=1S/C25H25FN2O4S/c1-27(24(19-8-4-2-5-9-19)20-10-6-3-7-11-20)25(29)21-12-13-22(26)23(18-21)33(30,31)28-14-16-32-17-15-28/h2-13,18,24H,14-17H2,1H3. The van der Waals surface area contributed by atoms with E-state index in [2.05, 4.69) is 0 Å². The van der Waals surface area contributed by atoms with Crippen LogP contribution in [0.25, 0.3) is 0 Å². The first-order valence-corrected chi connectivity index (χ1v) is 12.1. The molecule has 0 bridgehead atoms. The van der Waals surface area contributed by atoms with Crippen molar-refractivity contribution < 1.29 is 22.3 Å². The van der Waals surface area contributed by atoms with Gasteiger partial charge in [0.2, 0.25) is 10.0 Å². The Bertz CT molecular complexity index is 1170. The molecule has 0 aliphatic carbocycles. The zero-order valence-corrected chi connectivity index (χ0v) is 19.0. The monoisotopic (exact) mass is 468 g/mol. The van der Waals surface area contributed by atoms with E-state index in [1.54, 1.807) is 11.9 Å². The molecule has 0 spiro atoms. The summed E-state index contributed by atoms with van der Waals surface area (Å²) in [6, 6.07) is 22.2. The van der Waals surface area contributed by atoms with E-state index >= 15 is 0 Å². The molecular weight excluding hydrogens is 443 g/mol. The van der Waals surface area contributed by atoms with Gasteiger partial charge in [0.05, 0.1) is 19.3 Å². The van der Waals surface area contributed by atoms with E-state index in [-0.39, 0.29) is 31.9 Å². The molecule has 1 saturated heterocycles. The number of hydrogen-bond donors (Lipinski definition) is 0. The van der Waals surface area contributed by atoms with Gasteiger partial charge in [-0.15, -0.1) is 0 Å². The SMILES string of the molecule is CN(C(=O)c1ccc(F)c(S(=O)(=O)N2CCOCC2)c1)C(c1ccccc1)c1ccccc1. The minimum atomic E-state index is -4.09. The summed E-state index contributed by atoms with van der Waals surface area (Å²) in [4.78, 5) is 14.5. The minimum absolute atomic E-state index is 0.0996. The van der Waals surface area contributed by atoms with Crippen LogP contribution >= 0.6 is 0 Å². The fourth-order valence-corrected chi connectivity index (χ4v) is 5.49. The van der Waals surface area contributed by atoms with Crippen molar-refractivity contribution in [3.05, 3.63) is 101 Å². The third kappa shape index (κ3) is 4.83. The zero-order chi connectivity index (χ0) is 23.4. The van der Waals surface area contributed by atoms with Gasteiger partial charge in [0.15, 0.2) is 0 Å². The second-order valence-electron chi connectivity index (χ2n) is 7.80. The number of rotatable bonds is 6. The van der Waals surface area contributed by atoms with E-state index in [1.807, 2.05) is 60.7 Å². The highest BCUT2D eigenvalue weighted by Gasteiger charge is 2.31. The van der Waals surface area contributed by atoms with E-state index in [0.29, 0.717) is 0 Å². The molecule has 8 heteroatoms. The van der Waals surface area contributed by atoms with Crippen molar-refractivity contribution in [2.75, 3.05) is 33.4 Å². The van der Waals surface area contributed by atoms with Gasteiger partial charge in [-0.1, -0.05) is 60.7 Å². The van der Waals surface area contributed by atoms with Crippen LogP contribution in [0.15, 0.2) is 83.8 Å². The van der Waals surface area contributed by atoms with E-state index in [0.717, 1.165) is 23.3 Å². The van der Waals surface area contributed by atoms with Gasteiger partial charge in [-0.2, -0.15) is 4.31 Å². The topological polar surface area (TPSA) is 66.9 Å². The Kier molecular flexibility index (Phi) is 6.88. The molecular formula is C25H25FN2O4S. The number of nitrogens with zero attached hydrogens (tertiary/aromatic N) is 2. The van der Waals surface area contributed by atoms with Crippen LogP contribution in [0.1, 0.15) is 27.5 Å². The van der Waals surface area contributed by atoms with Crippen molar-refractivity contribution in [2.45, 2.75) is 10.9 Å². The number of carbonyl (C=O) groups is 1. The fraction of sp³-hybridized carbons (Fsp3) is 0.240. The molecule has 0 saturated carbocycles. The number of ether oxygens (including phenoxy) is 1. The lowest BCUT2D eigenvalue weighted by Gasteiger charge is -2.30. The maximum atomic E-state index is 14.6.